The van der Waals surface area contributed by atoms with Crippen molar-refractivity contribution in [1.82, 2.24) is 15.1 Å². The van der Waals surface area contributed by atoms with E-state index in [2.05, 4.69) is 5.32 Å². The van der Waals surface area contributed by atoms with Crippen LogP contribution in [0.25, 0.3) is 0 Å². The van der Waals surface area contributed by atoms with Gasteiger partial charge in [-0.05, 0) is 43.9 Å². The maximum atomic E-state index is 12.9. The number of benzene rings is 1. The Bertz CT molecular complexity index is 1170. The van der Waals surface area contributed by atoms with E-state index in [1.54, 1.807) is 0 Å². The van der Waals surface area contributed by atoms with Crippen molar-refractivity contribution in [2.75, 3.05) is 32.6 Å². The first kappa shape index (κ1) is 26.9. The van der Waals surface area contributed by atoms with E-state index < -0.39 is 21.2 Å². The van der Waals surface area contributed by atoms with Crippen LogP contribution in [0.15, 0.2) is 29.2 Å². The minimum absolute atomic E-state index is 0.0678. The number of nitrogens with zero attached hydrogens (tertiary/aromatic N) is 2. The summed E-state index contributed by atoms with van der Waals surface area (Å²) in [6.07, 6.45) is 3.93. The van der Waals surface area contributed by atoms with Gasteiger partial charge in [-0.15, -0.1) is 0 Å². The van der Waals surface area contributed by atoms with Crippen LogP contribution in [0.4, 0.5) is 0 Å². The first-order valence-electron chi connectivity index (χ1n) is 11.9. The molecule has 1 aromatic heterocycles. The Hall–Kier alpha value is -2.72. The second-order valence-electron chi connectivity index (χ2n) is 9.65. The van der Waals surface area contributed by atoms with Crippen LogP contribution in [-0.4, -0.2) is 62.7 Å². The standard InChI is InChI=1S/C25H35N3O6S/c1-5-20-22-21(11-7-13-33-14-8-12-26-23(22)29)28(27-20)16-25(2,3)17-34-24(30)18-9-6-10-19(15-18)35(4,31)32/h6,9-10,15H,5,7-8,11-14,16-17H2,1-4H3,(H,26,29). The molecule has 0 spiro atoms. The summed E-state index contributed by atoms with van der Waals surface area (Å²) in [5.41, 5.74) is 1.95. The molecule has 1 aromatic carbocycles. The number of aromatic nitrogens is 2. The second kappa shape index (κ2) is 11.3. The maximum absolute atomic E-state index is 12.9. The number of aryl methyl sites for hydroxylation is 1. The van der Waals surface area contributed by atoms with Gasteiger partial charge in [0.1, 0.15) is 0 Å². The zero-order valence-electron chi connectivity index (χ0n) is 20.9. The van der Waals surface area contributed by atoms with Crippen LogP contribution < -0.4 is 5.32 Å². The Morgan fingerprint density at radius 1 is 1.26 bits per heavy atom. The molecule has 0 fully saturated rings. The first-order valence-corrected chi connectivity index (χ1v) is 13.8. The highest BCUT2D eigenvalue weighted by atomic mass is 32.2. The lowest BCUT2D eigenvalue weighted by Gasteiger charge is -2.25. The molecule has 2 aromatic rings. The topological polar surface area (TPSA) is 117 Å². The number of fused-ring (bicyclic) bond motifs is 1. The fourth-order valence-electron chi connectivity index (χ4n) is 4.00. The Morgan fingerprint density at radius 2 is 2.00 bits per heavy atom. The predicted molar refractivity (Wildman–Crippen MR) is 131 cm³/mol. The maximum Gasteiger partial charge on any atom is 0.338 e. The number of hydrogen-bond donors (Lipinski definition) is 1. The summed E-state index contributed by atoms with van der Waals surface area (Å²) in [5.74, 6) is -0.700. The van der Waals surface area contributed by atoms with Crippen LogP contribution in [0.5, 0.6) is 0 Å². The molecule has 9 nitrogen and oxygen atoms in total. The Kier molecular flexibility index (Phi) is 8.71. The van der Waals surface area contributed by atoms with Gasteiger partial charge in [-0.3, -0.25) is 9.48 Å². The summed E-state index contributed by atoms with van der Waals surface area (Å²) in [4.78, 5) is 25.6. The third kappa shape index (κ3) is 7.14. The van der Waals surface area contributed by atoms with Gasteiger partial charge in [-0.2, -0.15) is 5.10 Å². The summed E-state index contributed by atoms with van der Waals surface area (Å²) < 4.78 is 36.7. The lowest BCUT2D eigenvalue weighted by molar-refractivity contribution is 0.0304. The lowest BCUT2D eigenvalue weighted by Crippen LogP contribution is -2.29. The van der Waals surface area contributed by atoms with Gasteiger partial charge in [0.05, 0.1) is 34.0 Å². The zero-order valence-corrected chi connectivity index (χ0v) is 21.7. The van der Waals surface area contributed by atoms with Crippen molar-refractivity contribution >= 4 is 21.7 Å². The number of rotatable bonds is 7. The fraction of sp³-hybridized carbons (Fsp3) is 0.560. The molecular formula is C25H35N3O6S. The van der Waals surface area contributed by atoms with E-state index in [9.17, 15) is 18.0 Å². The average Bonchev–Trinajstić information content (AvgIpc) is 3.13. The molecule has 1 N–H and O–H groups in total. The lowest BCUT2D eigenvalue weighted by atomic mass is 9.94. The normalized spacial score (nSPS) is 15.6. The van der Waals surface area contributed by atoms with Gasteiger partial charge in [0.15, 0.2) is 9.84 Å². The highest BCUT2D eigenvalue weighted by Gasteiger charge is 2.28. The third-order valence-electron chi connectivity index (χ3n) is 5.82. The zero-order chi connectivity index (χ0) is 25.6. The molecule has 0 saturated carbocycles. The van der Waals surface area contributed by atoms with Crippen LogP contribution in [0.3, 0.4) is 0 Å². The molecule has 3 rings (SSSR count). The molecule has 0 atom stereocenters. The molecule has 0 unspecified atom stereocenters. The number of ether oxygens (including phenoxy) is 2. The van der Waals surface area contributed by atoms with E-state index >= 15 is 0 Å². The van der Waals surface area contributed by atoms with E-state index in [-0.39, 0.29) is 23.0 Å². The van der Waals surface area contributed by atoms with Crippen LogP contribution in [0.2, 0.25) is 0 Å². The predicted octanol–water partition coefficient (Wildman–Crippen LogP) is 2.81. The Balaban J connectivity index is 1.77. The highest BCUT2D eigenvalue weighted by Crippen LogP contribution is 2.25. The van der Waals surface area contributed by atoms with Crippen molar-refractivity contribution in [3.63, 3.8) is 0 Å². The quantitative estimate of drug-likeness (QED) is 0.575. The van der Waals surface area contributed by atoms with Crippen LogP contribution in [-0.2, 0) is 38.7 Å². The smallest absolute Gasteiger partial charge is 0.338 e. The second-order valence-corrected chi connectivity index (χ2v) is 11.7. The summed E-state index contributed by atoms with van der Waals surface area (Å²) in [5, 5.41) is 7.72. The Morgan fingerprint density at radius 3 is 2.71 bits per heavy atom. The molecule has 0 aliphatic carbocycles. The van der Waals surface area contributed by atoms with Gasteiger partial charge in [0.25, 0.3) is 5.91 Å². The van der Waals surface area contributed by atoms with Gasteiger partial charge >= 0.3 is 5.97 Å². The minimum atomic E-state index is -3.43. The van der Waals surface area contributed by atoms with Crippen LogP contribution in [0, 0.1) is 5.41 Å². The van der Waals surface area contributed by atoms with Gasteiger partial charge in [0.2, 0.25) is 0 Å². The van der Waals surface area contributed by atoms with Gasteiger partial charge in [-0.1, -0.05) is 26.8 Å². The van der Waals surface area contributed by atoms with Crippen molar-refractivity contribution in [2.24, 2.45) is 5.41 Å². The van der Waals surface area contributed by atoms with Crippen molar-refractivity contribution in [1.29, 1.82) is 0 Å². The number of nitrogens with one attached hydrogen (secondary N) is 1. The summed E-state index contributed by atoms with van der Waals surface area (Å²) in [6.45, 7) is 8.23. The molecule has 0 bridgehead atoms. The van der Waals surface area contributed by atoms with E-state index in [4.69, 9.17) is 14.6 Å². The molecule has 2 heterocycles. The highest BCUT2D eigenvalue weighted by molar-refractivity contribution is 7.90. The fourth-order valence-corrected chi connectivity index (χ4v) is 4.67. The third-order valence-corrected chi connectivity index (χ3v) is 6.93. The molecule has 0 saturated heterocycles. The van der Waals surface area contributed by atoms with Gasteiger partial charge in [0, 0.05) is 38.0 Å². The number of carbonyl (C=O) groups is 2. The van der Waals surface area contributed by atoms with Crippen molar-refractivity contribution < 1.29 is 27.5 Å². The van der Waals surface area contributed by atoms with E-state index in [0.29, 0.717) is 44.7 Å². The van der Waals surface area contributed by atoms with Crippen molar-refractivity contribution in [3.8, 4) is 0 Å². The van der Waals surface area contributed by atoms with Gasteiger partial charge < -0.3 is 14.8 Å². The molecule has 35 heavy (non-hydrogen) atoms. The number of esters is 1. The summed E-state index contributed by atoms with van der Waals surface area (Å²) in [7, 11) is -3.43. The van der Waals surface area contributed by atoms with E-state index in [1.807, 2.05) is 25.5 Å². The largest absolute Gasteiger partial charge is 0.461 e. The number of hydrogen-bond acceptors (Lipinski definition) is 7. The number of amides is 1. The number of carbonyl (C=O) groups excluding carboxylic acids is 2. The van der Waals surface area contributed by atoms with Crippen molar-refractivity contribution in [3.05, 3.63) is 46.8 Å². The van der Waals surface area contributed by atoms with Crippen LogP contribution in [0.1, 0.15) is 65.7 Å². The molecular weight excluding hydrogens is 470 g/mol. The molecule has 10 heteroatoms. The summed E-state index contributed by atoms with van der Waals surface area (Å²) >= 11 is 0. The van der Waals surface area contributed by atoms with E-state index in [0.717, 1.165) is 30.5 Å². The average molecular weight is 506 g/mol. The first-order chi connectivity index (χ1) is 16.5. The SMILES string of the molecule is CCc1nn(CC(C)(C)COC(=O)c2cccc(S(C)(=O)=O)c2)c2c1C(=O)NCCCOCCC2. The van der Waals surface area contributed by atoms with E-state index in [1.165, 1.54) is 24.3 Å². The molecule has 1 amide bonds. The monoisotopic (exact) mass is 505 g/mol. The molecule has 0 radical (unpaired) electrons. The number of sulfone groups is 1. The molecule has 192 valence electrons. The minimum Gasteiger partial charge on any atom is -0.461 e. The van der Waals surface area contributed by atoms with Gasteiger partial charge in [-0.25, -0.2) is 13.2 Å². The molecule has 1 aliphatic heterocycles. The summed E-state index contributed by atoms with van der Waals surface area (Å²) in [6, 6.07) is 5.82. The molecule has 1 aliphatic rings. The van der Waals surface area contributed by atoms with Crippen LogP contribution >= 0.6 is 0 Å². The Labute approximate surface area is 207 Å². The van der Waals surface area contributed by atoms with Crippen molar-refractivity contribution in [2.45, 2.75) is 57.9 Å².